The van der Waals surface area contributed by atoms with Gasteiger partial charge in [-0.05, 0) is 57.3 Å². The van der Waals surface area contributed by atoms with Crippen LogP contribution in [-0.4, -0.2) is 50.0 Å². The van der Waals surface area contributed by atoms with E-state index in [1.54, 1.807) is 44.2 Å². The zero-order chi connectivity index (χ0) is 23.3. The molecule has 0 aliphatic heterocycles. The minimum absolute atomic E-state index is 0.211. The van der Waals surface area contributed by atoms with Crippen LogP contribution >= 0.6 is 0 Å². The van der Waals surface area contributed by atoms with E-state index in [2.05, 4.69) is 18.7 Å². The average molecular weight is 438 g/mol. The first-order valence-corrected chi connectivity index (χ1v) is 10.9. The molecular weight excluding hydrogens is 406 g/mol. The van der Waals surface area contributed by atoms with Gasteiger partial charge >= 0.3 is 5.97 Å². The van der Waals surface area contributed by atoms with Gasteiger partial charge in [-0.15, -0.1) is 0 Å². The van der Waals surface area contributed by atoms with E-state index >= 15 is 0 Å². The molecule has 1 heterocycles. The number of para-hydroxylation sites is 1. The minimum atomic E-state index is -1.12. The van der Waals surface area contributed by atoms with Gasteiger partial charge in [-0.3, -0.25) is 9.59 Å². The molecule has 0 unspecified atom stereocenters. The van der Waals surface area contributed by atoms with E-state index in [1.807, 2.05) is 18.2 Å². The predicted octanol–water partition coefficient (Wildman–Crippen LogP) is 4.84. The Balaban J connectivity index is 1.90. The number of methoxy groups -OCH3 is 1. The van der Waals surface area contributed by atoms with Crippen molar-refractivity contribution >= 4 is 22.7 Å². The van der Waals surface area contributed by atoms with Crippen LogP contribution in [0, 0.1) is 0 Å². The van der Waals surface area contributed by atoms with Gasteiger partial charge in [0.05, 0.1) is 12.7 Å². The molecule has 0 bridgehead atoms. The maximum absolute atomic E-state index is 13.5. The summed E-state index contributed by atoms with van der Waals surface area (Å²) in [5.41, 5.74) is 0.312. The van der Waals surface area contributed by atoms with E-state index in [4.69, 9.17) is 13.9 Å². The highest BCUT2D eigenvalue weighted by Crippen LogP contribution is 2.36. The lowest BCUT2D eigenvalue weighted by atomic mass is 9.85. The van der Waals surface area contributed by atoms with Crippen molar-refractivity contribution in [3.05, 3.63) is 65.4 Å². The highest BCUT2D eigenvalue weighted by Gasteiger charge is 2.39. The van der Waals surface area contributed by atoms with Crippen LogP contribution in [0.1, 0.15) is 49.4 Å². The zero-order valence-electron chi connectivity index (χ0n) is 19.4. The minimum Gasteiger partial charge on any atom is -0.492 e. The Morgan fingerprint density at radius 2 is 1.66 bits per heavy atom. The van der Waals surface area contributed by atoms with Crippen LogP contribution in [-0.2, 0) is 14.9 Å². The second-order valence-electron chi connectivity index (χ2n) is 8.15. The van der Waals surface area contributed by atoms with Crippen LogP contribution < -0.4 is 4.74 Å². The summed E-state index contributed by atoms with van der Waals surface area (Å²) in [6.45, 7) is 11.0. The van der Waals surface area contributed by atoms with Gasteiger partial charge in [-0.2, -0.15) is 0 Å². The quantitative estimate of drug-likeness (QED) is 0.334. The molecule has 6 heteroatoms. The second-order valence-corrected chi connectivity index (χ2v) is 8.15. The highest BCUT2D eigenvalue weighted by molar-refractivity contribution is 6.17. The predicted molar refractivity (Wildman–Crippen MR) is 124 cm³/mol. The van der Waals surface area contributed by atoms with E-state index in [-0.39, 0.29) is 5.78 Å². The number of rotatable bonds is 10. The van der Waals surface area contributed by atoms with Gasteiger partial charge in [0.15, 0.2) is 5.78 Å². The van der Waals surface area contributed by atoms with E-state index in [0.717, 1.165) is 19.6 Å². The first-order valence-electron chi connectivity index (χ1n) is 10.9. The number of hydrogen-bond acceptors (Lipinski definition) is 6. The van der Waals surface area contributed by atoms with Crippen LogP contribution in [0.5, 0.6) is 5.75 Å². The summed E-state index contributed by atoms with van der Waals surface area (Å²) in [6.07, 6.45) is 0. The Morgan fingerprint density at radius 1 is 1.00 bits per heavy atom. The Kier molecular flexibility index (Phi) is 7.36. The molecule has 0 spiro atoms. The topological polar surface area (TPSA) is 69.0 Å². The fraction of sp³-hybridized carbons (Fsp3) is 0.385. The lowest BCUT2D eigenvalue weighted by Crippen LogP contribution is -2.31. The summed E-state index contributed by atoms with van der Waals surface area (Å²) in [5.74, 6) is 0.329. The Bertz CT molecular complexity index is 1080. The molecule has 3 rings (SSSR count). The maximum atomic E-state index is 13.5. The molecular formula is C26H31NO5. The molecule has 0 fully saturated rings. The lowest BCUT2D eigenvalue weighted by molar-refractivity contribution is -0.146. The second kappa shape index (κ2) is 10.0. The highest BCUT2D eigenvalue weighted by atomic mass is 16.5. The number of carbonyl (C=O) groups excluding carboxylic acids is 2. The zero-order valence-corrected chi connectivity index (χ0v) is 19.4. The molecule has 170 valence electrons. The van der Waals surface area contributed by atoms with Gasteiger partial charge in [-0.1, -0.05) is 32.0 Å². The number of fused-ring (bicyclic) bond motifs is 1. The van der Waals surface area contributed by atoms with Gasteiger partial charge in [0, 0.05) is 17.5 Å². The lowest BCUT2D eigenvalue weighted by Gasteiger charge is -2.20. The van der Waals surface area contributed by atoms with Gasteiger partial charge in [-0.25, -0.2) is 0 Å². The summed E-state index contributed by atoms with van der Waals surface area (Å²) in [7, 11) is 1.33. The van der Waals surface area contributed by atoms with Crippen molar-refractivity contribution in [1.29, 1.82) is 0 Å². The van der Waals surface area contributed by atoms with Crippen molar-refractivity contribution in [2.45, 2.75) is 33.1 Å². The van der Waals surface area contributed by atoms with Crippen molar-refractivity contribution < 1.29 is 23.5 Å². The van der Waals surface area contributed by atoms with Gasteiger partial charge in [0.2, 0.25) is 0 Å². The number of benzene rings is 2. The molecule has 0 aliphatic carbocycles. The van der Waals surface area contributed by atoms with E-state index in [1.165, 1.54) is 7.11 Å². The number of esters is 1. The third-order valence-corrected chi connectivity index (χ3v) is 5.77. The molecule has 0 atom stereocenters. The van der Waals surface area contributed by atoms with Gasteiger partial charge in [0.25, 0.3) is 0 Å². The Morgan fingerprint density at radius 3 is 2.28 bits per heavy atom. The Labute approximate surface area is 189 Å². The van der Waals surface area contributed by atoms with Gasteiger partial charge in [0.1, 0.15) is 29.1 Å². The van der Waals surface area contributed by atoms with Crippen molar-refractivity contribution in [1.82, 2.24) is 4.90 Å². The SMILES string of the molecule is CCN(CC)CCOc1ccc(C(=O)c2c(C(C)(C)C(=O)OC)oc3ccccc23)cc1. The molecule has 32 heavy (non-hydrogen) atoms. The van der Waals surface area contributed by atoms with E-state index < -0.39 is 11.4 Å². The Hall–Kier alpha value is -3.12. The van der Waals surface area contributed by atoms with Crippen LogP contribution in [0.4, 0.5) is 0 Å². The van der Waals surface area contributed by atoms with Crippen LogP contribution in [0.15, 0.2) is 52.9 Å². The molecule has 0 radical (unpaired) electrons. The number of ether oxygens (including phenoxy) is 2. The van der Waals surface area contributed by atoms with Crippen LogP contribution in [0.3, 0.4) is 0 Å². The molecule has 6 nitrogen and oxygen atoms in total. The number of hydrogen-bond donors (Lipinski definition) is 0. The first kappa shape index (κ1) is 23.5. The fourth-order valence-corrected chi connectivity index (χ4v) is 3.74. The van der Waals surface area contributed by atoms with Crippen molar-refractivity contribution in [3.8, 4) is 5.75 Å². The number of ketones is 1. The summed E-state index contributed by atoms with van der Waals surface area (Å²) >= 11 is 0. The fourth-order valence-electron chi connectivity index (χ4n) is 3.74. The summed E-state index contributed by atoms with van der Waals surface area (Å²) < 4.78 is 16.8. The monoisotopic (exact) mass is 437 g/mol. The molecule has 2 aromatic carbocycles. The molecule has 0 aliphatic rings. The molecule has 1 aromatic heterocycles. The molecule has 0 amide bonds. The molecule has 0 N–H and O–H groups in total. The number of nitrogens with zero attached hydrogens (tertiary/aromatic N) is 1. The number of furan rings is 1. The molecule has 0 saturated carbocycles. The average Bonchev–Trinajstić information content (AvgIpc) is 3.21. The third-order valence-electron chi connectivity index (χ3n) is 5.77. The van der Waals surface area contributed by atoms with E-state index in [9.17, 15) is 9.59 Å². The van der Waals surface area contributed by atoms with Crippen LogP contribution in [0.2, 0.25) is 0 Å². The smallest absolute Gasteiger partial charge is 0.318 e. The summed E-state index contributed by atoms with van der Waals surface area (Å²) in [6, 6.07) is 14.4. The number of likely N-dealkylation sites (N-methyl/N-ethyl adjacent to an activating group) is 1. The third kappa shape index (κ3) is 4.70. The van der Waals surface area contributed by atoms with Crippen LogP contribution in [0.25, 0.3) is 11.0 Å². The normalized spacial score (nSPS) is 11.7. The molecule has 0 saturated heterocycles. The summed E-state index contributed by atoms with van der Waals surface area (Å²) in [4.78, 5) is 28.3. The summed E-state index contributed by atoms with van der Waals surface area (Å²) in [5, 5.41) is 0.670. The van der Waals surface area contributed by atoms with Crippen molar-refractivity contribution in [3.63, 3.8) is 0 Å². The standard InChI is InChI=1S/C26H31NO5/c1-6-27(7-2)16-17-31-19-14-12-18(13-15-19)23(28)22-20-10-8-9-11-21(20)32-24(22)26(3,4)25(29)30-5/h8-15H,6-7,16-17H2,1-5H3. The maximum Gasteiger partial charge on any atom is 0.318 e. The largest absolute Gasteiger partial charge is 0.492 e. The van der Waals surface area contributed by atoms with Crippen molar-refractivity contribution in [2.24, 2.45) is 0 Å². The number of carbonyl (C=O) groups is 2. The first-order chi connectivity index (χ1) is 15.3. The van der Waals surface area contributed by atoms with E-state index in [0.29, 0.717) is 40.2 Å². The molecule has 3 aromatic rings. The van der Waals surface area contributed by atoms with Crippen molar-refractivity contribution in [2.75, 3.05) is 33.4 Å². The van der Waals surface area contributed by atoms with Gasteiger partial charge < -0.3 is 18.8 Å².